The molecule has 1 aromatic carbocycles. The molecule has 0 fully saturated rings. The predicted molar refractivity (Wildman–Crippen MR) is 88.1 cm³/mol. The zero-order valence-corrected chi connectivity index (χ0v) is 13.5. The van der Waals surface area contributed by atoms with Gasteiger partial charge in [0, 0.05) is 18.5 Å². The molecule has 0 aliphatic carbocycles. The van der Waals surface area contributed by atoms with E-state index in [1.165, 1.54) is 11.3 Å². The fourth-order valence-corrected chi connectivity index (χ4v) is 2.47. The summed E-state index contributed by atoms with van der Waals surface area (Å²) in [4.78, 5) is 12.0. The highest BCUT2D eigenvalue weighted by Gasteiger charge is 2.09. The van der Waals surface area contributed by atoms with Crippen molar-refractivity contribution in [2.24, 2.45) is 5.73 Å². The van der Waals surface area contributed by atoms with Crippen molar-refractivity contribution in [2.45, 2.75) is 32.7 Å². The van der Waals surface area contributed by atoms with Crippen molar-refractivity contribution in [2.75, 3.05) is 5.32 Å². The van der Waals surface area contributed by atoms with E-state index in [4.69, 9.17) is 5.73 Å². The van der Waals surface area contributed by atoms with Crippen LogP contribution in [0.25, 0.3) is 0 Å². The molecule has 0 atom stereocenters. The Hall–Kier alpha value is -1.50. The van der Waals surface area contributed by atoms with E-state index in [-0.39, 0.29) is 18.3 Å². The minimum Gasteiger partial charge on any atom is -0.326 e. The number of amides is 1. The highest BCUT2D eigenvalue weighted by molar-refractivity contribution is 7.15. The van der Waals surface area contributed by atoms with Crippen LogP contribution in [0.5, 0.6) is 0 Å². The predicted octanol–water partition coefficient (Wildman–Crippen LogP) is 3.01. The molecule has 0 saturated heterocycles. The van der Waals surface area contributed by atoms with Crippen LogP contribution in [-0.2, 0) is 13.0 Å². The lowest BCUT2D eigenvalue weighted by Crippen LogP contribution is -2.11. The number of halogens is 1. The van der Waals surface area contributed by atoms with E-state index in [2.05, 4.69) is 22.4 Å². The fraction of sp³-hybridized carbons (Fsp3) is 0.357. The highest BCUT2D eigenvalue weighted by atomic mass is 35.5. The highest BCUT2D eigenvalue weighted by Crippen LogP contribution is 2.18. The fourth-order valence-electron chi connectivity index (χ4n) is 1.69. The molecule has 1 amide bonds. The standard InChI is InChI=1S/C14H18N4OS.ClH/c1-2-3-4-12-17-18-14(20-12)16-13(19)11-7-5-10(9-15)6-8-11;/h5-8H,2-4,9,15H2,1H3,(H,16,18,19);1H. The minimum atomic E-state index is -0.174. The lowest BCUT2D eigenvalue weighted by atomic mass is 10.1. The van der Waals surface area contributed by atoms with Crippen LogP contribution in [0, 0.1) is 0 Å². The van der Waals surface area contributed by atoms with Gasteiger partial charge in [-0.25, -0.2) is 0 Å². The molecule has 2 aromatic rings. The van der Waals surface area contributed by atoms with Gasteiger partial charge in [0.25, 0.3) is 5.91 Å². The van der Waals surface area contributed by atoms with Crippen LogP contribution in [0.15, 0.2) is 24.3 Å². The molecule has 3 N–H and O–H groups in total. The first kappa shape index (κ1) is 17.6. The number of unbranched alkanes of at least 4 members (excludes halogenated alkanes) is 1. The quantitative estimate of drug-likeness (QED) is 0.855. The third kappa shape index (κ3) is 5.08. The van der Waals surface area contributed by atoms with Crippen LogP contribution in [0.1, 0.15) is 40.7 Å². The Labute approximate surface area is 134 Å². The second-order valence-corrected chi connectivity index (χ2v) is 5.52. The molecular weight excluding hydrogens is 308 g/mol. The first-order chi connectivity index (χ1) is 9.72. The molecule has 2 rings (SSSR count). The maximum Gasteiger partial charge on any atom is 0.257 e. The Balaban J connectivity index is 0.00000220. The van der Waals surface area contributed by atoms with Gasteiger partial charge in [-0.3, -0.25) is 10.1 Å². The van der Waals surface area contributed by atoms with Crippen LogP contribution in [0.4, 0.5) is 5.13 Å². The molecule has 0 unspecified atom stereocenters. The van der Waals surface area contributed by atoms with Gasteiger partial charge in [-0.1, -0.05) is 36.8 Å². The lowest BCUT2D eigenvalue weighted by Gasteiger charge is -2.02. The first-order valence-corrected chi connectivity index (χ1v) is 7.47. The summed E-state index contributed by atoms with van der Waals surface area (Å²) >= 11 is 1.43. The molecule has 0 spiro atoms. The van der Waals surface area contributed by atoms with E-state index >= 15 is 0 Å². The molecule has 0 bridgehead atoms. The number of benzene rings is 1. The van der Waals surface area contributed by atoms with Gasteiger partial charge in [-0.2, -0.15) is 0 Å². The van der Waals surface area contributed by atoms with Crippen molar-refractivity contribution in [3.05, 3.63) is 40.4 Å². The van der Waals surface area contributed by atoms with Crippen molar-refractivity contribution >= 4 is 34.8 Å². The second kappa shape index (κ2) is 8.71. The number of rotatable bonds is 6. The van der Waals surface area contributed by atoms with Crippen LogP contribution >= 0.6 is 23.7 Å². The monoisotopic (exact) mass is 326 g/mol. The van der Waals surface area contributed by atoms with Crippen LogP contribution in [0.2, 0.25) is 0 Å². The number of hydrogen-bond donors (Lipinski definition) is 2. The Morgan fingerprint density at radius 3 is 2.62 bits per heavy atom. The summed E-state index contributed by atoms with van der Waals surface area (Å²) in [7, 11) is 0. The van der Waals surface area contributed by atoms with E-state index in [1.807, 2.05) is 12.1 Å². The molecule has 0 saturated carbocycles. The van der Waals surface area contributed by atoms with Gasteiger partial charge in [-0.05, 0) is 24.1 Å². The Kier molecular flexibility index (Phi) is 7.28. The molecule has 7 heteroatoms. The van der Waals surface area contributed by atoms with Gasteiger partial charge >= 0.3 is 0 Å². The third-order valence-electron chi connectivity index (χ3n) is 2.88. The van der Waals surface area contributed by atoms with Crippen LogP contribution in [0.3, 0.4) is 0 Å². The summed E-state index contributed by atoms with van der Waals surface area (Å²) in [6.07, 6.45) is 3.12. The number of nitrogens with one attached hydrogen (secondary N) is 1. The van der Waals surface area contributed by atoms with Crippen molar-refractivity contribution in [1.29, 1.82) is 0 Å². The summed E-state index contributed by atoms with van der Waals surface area (Å²) in [5, 5.41) is 12.3. The zero-order valence-electron chi connectivity index (χ0n) is 11.8. The largest absolute Gasteiger partial charge is 0.326 e. The smallest absolute Gasteiger partial charge is 0.257 e. The Morgan fingerprint density at radius 1 is 1.29 bits per heavy atom. The maximum absolute atomic E-state index is 12.0. The number of nitrogens with two attached hydrogens (primary N) is 1. The van der Waals surface area contributed by atoms with E-state index in [0.717, 1.165) is 29.8 Å². The van der Waals surface area contributed by atoms with Gasteiger partial charge < -0.3 is 5.73 Å². The average molecular weight is 327 g/mol. The second-order valence-electron chi connectivity index (χ2n) is 4.46. The van der Waals surface area contributed by atoms with E-state index < -0.39 is 0 Å². The molecule has 114 valence electrons. The Morgan fingerprint density at radius 2 is 2.00 bits per heavy atom. The van der Waals surface area contributed by atoms with Gasteiger partial charge in [0.1, 0.15) is 5.01 Å². The number of carbonyl (C=O) groups excluding carboxylic acids is 1. The molecule has 0 aliphatic rings. The minimum absolute atomic E-state index is 0. The van der Waals surface area contributed by atoms with E-state index in [0.29, 0.717) is 17.2 Å². The SMILES string of the molecule is CCCCc1nnc(NC(=O)c2ccc(CN)cc2)s1.Cl. The first-order valence-electron chi connectivity index (χ1n) is 6.65. The molecule has 1 heterocycles. The van der Waals surface area contributed by atoms with Crippen molar-refractivity contribution in [3.8, 4) is 0 Å². The van der Waals surface area contributed by atoms with Gasteiger partial charge in [0.05, 0.1) is 0 Å². The number of carbonyl (C=O) groups is 1. The van der Waals surface area contributed by atoms with Crippen LogP contribution < -0.4 is 11.1 Å². The summed E-state index contributed by atoms with van der Waals surface area (Å²) in [5.74, 6) is -0.174. The summed E-state index contributed by atoms with van der Waals surface area (Å²) in [5.41, 5.74) is 7.11. The normalized spacial score (nSPS) is 10.0. The maximum atomic E-state index is 12.0. The third-order valence-corrected chi connectivity index (χ3v) is 3.78. The van der Waals surface area contributed by atoms with E-state index in [1.54, 1.807) is 12.1 Å². The molecule has 5 nitrogen and oxygen atoms in total. The lowest BCUT2D eigenvalue weighted by molar-refractivity contribution is 0.102. The van der Waals surface area contributed by atoms with Crippen molar-refractivity contribution in [1.82, 2.24) is 10.2 Å². The van der Waals surface area contributed by atoms with Gasteiger partial charge in [-0.15, -0.1) is 22.6 Å². The summed E-state index contributed by atoms with van der Waals surface area (Å²) in [6, 6.07) is 7.22. The molecule has 0 aliphatic heterocycles. The van der Waals surface area contributed by atoms with Crippen LogP contribution in [-0.4, -0.2) is 16.1 Å². The van der Waals surface area contributed by atoms with Crippen molar-refractivity contribution in [3.63, 3.8) is 0 Å². The van der Waals surface area contributed by atoms with Crippen molar-refractivity contribution < 1.29 is 4.79 Å². The molecular formula is C14H19ClN4OS. The summed E-state index contributed by atoms with van der Waals surface area (Å²) < 4.78 is 0. The van der Waals surface area contributed by atoms with E-state index in [9.17, 15) is 4.79 Å². The molecule has 0 radical (unpaired) electrons. The number of aromatic nitrogens is 2. The average Bonchev–Trinajstić information content (AvgIpc) is 2.92. The number of anilines is 1. The zero-order chi connectivity index (χ0) is 14.4. The summed E-state index contributed by atoms with van der Waals surface area (Å²) in [6.45, 7) is 2.60. The number of nitrogens with zero attached hydrogens (tertiary/aromatic N) is 2. The topological polar surface area (TPSA) is 80.9 Å². The van der Waals surface area contributed by atoms with Gasteiger partial charge in [0.2, 0.25) is 5.13 Å². The molecule has 21 heavy (non-hydrogen) atoms. The Bertz CT molecular complexity index is 571. The molecule has 1 aromatic heterocycles. The number of aryl methyl sites for hydroxylation is 1. The van der Waals surface area contributed by atoms with Gasteiger partial charge in [0.15, 0.2) is 0 Å². The number of hydrogen-bond acceptors (Lipinski definition) is 5.